The third-order valence-corrected chi connectivity index (χ3v) is 2.01. The zero-order valence-corrected chi connectivity index (χ0v) is 8.60. The maximum Gasteiger partial charge on any atom is 0.431 e. The molecule has 82 valence electrons. The van der Waals surface area contributed by atoms with Gasteiger partial charge in [0.05, 0.1) is 0 Å². The molecule has 0 fully saturated rings. The van der Waals surface area contributed by atoms with E-state index in [1.807, 2.05) is 0 Å². The van der Waals surface area contributed by atoms with Gasteiger partial charge in [0.1, 0.15) is 5.70 Å². The molecule has 1 nitrogen and oxygen atoms in total. The Hall–Kier alpha value is -1.45. The highest BCUT2D eigenvalue weighted by atomic mass is 19.4. The Morgan fingerprint density at radius 3 is 2.47 bits per heavy atom. The van der Waals surface area contributed by atoms with E-state index in [2.05, 4.69) is 6.58 Å². The molecule has 4 heteroatoms. The van der Waals surface area contributed by atoms with E-state index in [4.69, 9.17) is 0 Å². The fraction of sp³-hybridized carbons (Fsp3) is 0.273. The molecular formula is C11H12F3N. The van der Waals surface area contributed by atoms with Crippen molar-refractivity contribution in [1.82, 2.24) is 4.57 Å². The Kier molecular flexibility index (Phi) is 3.07. The first-order valence-electron chi connectivity index (χ1n) is 4.45. The topological polar surface area (TPSA) is 4.93 Å². The molecule has 1 aromatic heterocycles. The van der Waals surface area contributed by atoms with Crippen LogP contribution < -0.4 is 0 Å². The molecule has 1 rings (SSSR count). The molecule has 0 aliphatic heterocycles. The molecule has 0 radical (unpaired) electrons. The Balaban J connectivity index is 3.26. The van der Waals surface area contributed by atoms with Crippen LogP contribution in [0.25, 0.3) is 11.3 Å². The van der Waals surface area contributed by atoms with Crippen LogP contribution >= 0.6 is 0 Å². The fourth-order valence-electron chi connectivity index (χ4n) is 1.38. The van der Waals surface area contributed by atoms with E-state index in [0.29, 0.717) is 11.3 Å². The molecule has 0 spiro atoms. The van der Waals surface area contributed by atoms with Crippen molar-refractivity contribution in [2.45, 2.75) is 20.0 Å². The Bertz CT molecular complexity index is 396. The quantitative estimate of drug-likeness (QED) is 0.704. The summed E-state index contributed by atoms with van der Waals surface area (Å²) in [5, 5.41) is 0. The van der Waals surface area contributed by atoms with Crippen LogP contribution in [0.15, 0.2) is 31.0 Å². The molecule has 0 saturated heterocycles. The van der Waals surface area contributed by atoms with Crippen LogP contribution in [-0.4, -0.2) is 10.7 Å². The molecule has 0 unspecified atom stereocenters. The molecule has 0 saturated carbocycles. The van der Waals surface area contributed by atoms with Crippen LogP contribution in [0.5, 0.6) is 0 Å². The largest absolute Gasteiger partial charge is 0.431 e. The second-order valence-electron chi connectivity index (χ2n) is 3.22. The van der Waals surface area contributed by atoms with Gasteiger partial charge >= 0.3 is 6.18 Å². The Morgan fingerprint density at radius 1 is 1.47 bits per heavy atom. The van der Waals surface area contributed by atoms with Gasteiger partial charge in [-0.25, -0.2) is 0 Å². The van der Waals surface area contributed by atoms with E-state index in [0.717, 1.165) is 10.6 Å². The smallest absolute Gasteiger partial charge is 0.313 e. The minimum atomic E-state index is -4.35. The number of hydrogen-bond donors (Lipinski definition) is 0. The lowest BCUT2D eigenvalue weighted by atomic mass is 10.2. The molecule has 0 amide bonds. The van der Waals surface area contributed by atoms with E-state index in [-0.39, 0.29) is 0 Å². The van der Waals surface area contributed by atoms with Gasteiger partial charge in [-0.15, -0.1) is 0 Å². The van der Waals surface area contributed by atoms with Crippen LogP contribution in [0.4, 0.5) is 13.2 Å². The summed E-state index contributed by atoms with van der Waals surface area (Å²) in [6.07, 6.45) is -1.92. The Labute approximate surface area is 86.5 Å². The highest BCUT2D eigenvalue weighted by Crippen LogP contribution is 2.31. The van der Waals surface area contributed by atoms with Gasteiger partial charge in [0, 0.05) is 11.9 Å². The predicted octanol–water partition coefficient (Wildman–Crippen LogP) is 3.94. The van der Waals surface area contributed by atoms with Crippen molar-refractivity contribution in [3.05, 3.63) is 36.7 Å². The highest BCUT2D eigenvalue weighted by Gasteiger charge is 2.35. The number of halogens is 3. The number of hydrogen-bond acceptors (Lipinski definition) is 0. The molecule has 0 atom stereocenters. The summed E-state index contributed by atoms with van der Waals surface area (Å²) in [5.41, 5.74) is 0.384. The maximum atomic E-state index is 12.6. The van der Waals surface area contributed by atoms with Crippen molar-refractivity contribution in [2.24, 2.45) is 0 Å². The van der Waals surface area contributed by atoms with E-state index in [9.17, 15) is 13.2 Å². The highest BCUT2D eigenvalue weighted by molar-refractivity contribution is 5.65. The second-order valence-corrected chi connectivity index (χ2v) is 3.22. The molecule has 0 aromatic carbocycles. The summed E-state index contributed by atoms with van der Waals surface area (Å²) in [7, 11) is 0. The van der Waals surface area contributed by atoms with Gasteiger partial charge in [-0.1, -0.05) is 12.7 Å². The molecule has 0 aliphatic rings. The minimum Gasteiger partial charge on any atom is -0.313 e. The summed E-state index contributed by atoms with van der Waals surface area (Å²) in [6, 6.07) is 3.18. The molecule has 1 aromatic rings. The lowest BCUT2D eigenvalue weighted by molar-refractivity contribution is -0.0737. The number of alkyl halides is 3. The van der Waals surface area contributed by atoms with Crippen LogP contribution in [0.2, 0.25) is 0 Å². The van der Waals surface area contributed by atoms with E-state index in [1.54, 1.807) is 19.1 Å². The van der Waals surface area contributed by atoms with Gasteiger partial charge < -0.3 is 4.57 Å². The summed E-state index contributed by atoms with van der Waals surface area (Å²) >= 11 is 0. The van der Waals surface area contributed by atoms with Gasteiger partial charge in [0.15, 0.2) is 0 Å². The van der Waals surface area contributed by atoms with Gasteiger partial charge in [-0.2, -0.15) is 13.2 Å². The lowest BCUT2D eigenvalue weighted by Gasteiger charge is -2.15. The van der Waals surface area contributed by atoms with E-state index >= 15 is 0 Å². The van der Waals surface area contributed by atoms with Crippen LogP contribution in [0, 0.1) is 0 Å². The first-order valence-corrected chi connectivity index (χ1v) is 4.45. The number of nitrogens with zero attached hydrogens (tertiary/aromatic N) is 1. The SMILES string of the molecule is C=C(C)c1cccn1/C(=C\C)C(F)(F)F. The van der Waals surface area contributed by atoms with Gasteiger partial charge in [0.25, 0.3) is 0 Å². The normalized spacial score (nSPS) is 13.0. The number of rotatable bonds is 2. The van der Waals surface area contributed by atoms with Crippen molar-refractivity contribution in [3.8, 4) is 0 Å². The standard InChI is InChI=1S/C11H12F3N/c1-4-10(11(12,13)14)15-7-5-6-9(15)8(2)3/h4-7H,2H2,1,3H3/b10-4-. The van der Waals surface area contributed by atoms with Crippen molar-refractivity contribution in [2.75, 3.05) is 0 Å². The van der Waals surface area contributed by atoms with Crippen molar-refractivity contribution < 1.29 is 13.2 Å². The zero-order valence-electron chi connectivity index (χ0n) is 8.60. The number of allylic oxidation sites excluding steroid dienone is 3. The Morgan fingerprint density at radius 2 is 2.07 bits per heavy atom. The third-order valence-electron chi connectivity index (χ3n) is 2.01. The lowest BCUT2D eigenvalue weighted by Crippen LogP contribution is -2.17. The summed E-state index contributed by atoms with van der Waals surface area (Å²) < 4.78 is 38.9. The van der Waals surface area contributed by atoms with Crippen molar-refractivity contribution in [1.29, 1.82) is 0 Å². The monoisotopic (exact) mass is 215 g/mol. The van der Waals surface area contributed by atoms with Crippen molar-refractivity contribution in [3.63, 3.8) is 0 Å². The van der Waals surface area contributed by atoms with Crippen LogP contribution in [0.3, 0.4) is 0 Å². The van der Waals surface area contributed by atoms with Gasteiger partial charge in [-0.05, 0) is 31.6 Å². The average molecular weight is 215 g/mol. The average Bonchev–Trinajstić information content (AvgIpc) is 2.51. The van der Waals surface area contributed by atoms with Crippen LogP contribution in [0.1, 0.15) is 19.5 Å². The second kappa shape index (κ2) is 3.96. The first-order chi connectivity index (χ1) is 6.88. The summed E-state index contributed by atoms with van der Waals surface area (Å²) in [4.78, 5) is 0. The van der Waals surface area contributed by atoms with Gasteiger partial charge in [0.2, 0.25) is 0 Å². The van der Waals surface area contributed by atoms with Gasteiger partial charge in [-0.3, -0.25) is 0 Å². The van der Waals surface area contributed by atoms with E-state index < -0.39 is 11.9 Å². The molecule has 0 bridgehead atoms. The molecule has 15 heavy (non-hydrogen) atoms. The first kappa shape index (κ1) is 11.6. The summed E-state index contributed by atoms with van der Waals surface area (Å²) in [5.74, 6) is 0. The van der Waals surface area contributed by atoms with Crippen molar-refractivity contribution >= 4 is 11.3 Å². The molecule has 0 aliphatic carbocycles. The minimum absolute atomic E-state index is 0.473. The summed E-state index contributed by atoms with van der Waals surface area (Å²) in [6.45, 7) is 6.68. The molecule has 1 heterocycles. The van der Waals surface area contributed by atoms with E-state index in [1.165, 1.54) is 13.1 Å². The zero-order chi connectivity index (χ0) is 11.6. The predicted molar refractivity (Wildman–Crippen MR) is 55.1 cm³/mol. The molecule has 0 N–H and O–H groups in total. The molecular weight excluding hydrogens is 203 g/mol. The third kappa shape index (κ3) is 2.32. The number of aromatic nitrogens is 1. The maximum absolute atomic E-state index is 12.6. The van der Waals surface area contributed by atoms with Crippen LogP contribution in [-0.2, 0) is 0 Å². The fourth-order valence-corrected chi connectivity index (χ4v) is 1.38.